The fourth-order valence-electron chi connectivity index (χ4n) is 2.21. The smallest absolute Gasteiger partial charge is 0.265 e. The first kappa shape index (κ1) is 16.9. The summed E-state index contributed by atoms with van der Waals surface area (Å²) in [5.41, 5.74) is 2.51. The number of hydrogen-bond donors (Lipinski definition) is 1. The fourth-order valence-corrected chi connectivity index (χ4v) is 2.21. The molecule has 2 rings (SSSR count). The zero-order chi connectivity index (χ0) is 17.1. The highest BCUT2D eigenvalue weighted by Crippen LogP contribution is 2.25. The molecule has 0 spiro atoms. The summed E-state index contributed by atoms with van der Waals surface area (Å²) in [6.07, 6.45) is -0.895. The minimum Gasteiger partial charge on any atom is -0.481 e. The molecule has 0 unspecified atom stereocenters. The second-order valence-electron chi connectivity index (χ2n) is 5.55. The number of nitrogens with one attached hydrogen (secondary N) is 1. The van der Waals surface area contributed by atoms with Crippen molar-refractivity contribution in [1.82, 2.24) is 0 Å². The quantitative estimate of drug-likeness (QED) is 0.912. The van der Waals surface area contributed by atoms with Crippen LogP contribution in [0.2, 0.25) is 0 Å². The summed E-state index contributed by atoms with van der Waals surface area (Å²) >= 11 is 0. The summed E-state index contributed by atoms with van der Waals surface area (Å²) in [5.74, 6) is -1.69. The molecule has 0 radical (unpaired) electrons. The van der Waals surface area contributed by atoms with Crippen LogP contribution in [0.3, 0.4) is 0 Å². The van der Waals surface area contributed by atoms with E-state index in [2.05, 4.69) is 5.32 Å². The van der Waals surface area contributed by atoms with E-state index in [9.17, 15) is 13.6 Å². The van der Waals surface area contributed by atoms with E-state index in [0.717, 1.165) is 28.8 Å². The summed E-state index contributed by atoms with van der Waals surface area (Å²) in [6, 6.07) is 7.24. The largest absolute Gasteiger partial charge is 0.481 e. The van der Waals surface area contributed by atoms with Gasteiger partial charge in [-0.25, -0.2) is 8.78 Å². The van der Waals surface area contributed by atoms with Crippen molar-refractivity contribution in [2.24, 2.45) is 0 Å². The predicted octanol–water partition coefficient (Wildman–Crippen LogP) is 4.30. The van der Waals surface area contributed by atoms with Gasteiger partial charge in [-0.1, -0.05) is 12.1 Å². The van der Waals surface area contributed by atoms with E-state index in [0.29, 0.717) is 5.75 Å². The Morgan fingerprint density at radius 2 is 1.74 bits per heavy atom. The van der Waals surface area contributed by atoms with Crippen LogP contribution in [0.1, 0.15) is 23.6 Å². The SMILES string of the molecule is Cc1cc(C)c(C)c(O[C@@H](C)C(=O)Nc2c(F)cccc2F)c1. The molecule has 5 heteroatoms. The van der Waals surface area contributed by atoms with Gasteiger partial charge in [0.1, 0.15) is 23.1 Å². The van der Waals surface area contributed by atoms with Crippen LogP contribution in [0.4, 0.5) is 14.5 Å². The van der Waals surface area contributed by atoms with Gasteiger partial charge in [0.15, 0.2) is 6.10 Å². The van der Waals surface area contributed by atoms with Crippen molar-refractivity contribution in [3.05, 3.63) is 58.7 Å². The number of amides is 1. The van der Waals surface area contributed by atoms with E-state index in [-0.39, 0.29) is 0 Å². The lowest BCUT2D eigenvalue weighted by Gasteiger charge is -2.18. The van der Waals surface area contributed by atoms with Gasteiger partial charge < -0.3 is 10.1 Å². The van der Waals surface area contributed by atoms with Gasteiger partial charge >= 0.3 is 0 Å². The molecule has 0 saturated heterocycles. The van der Waals surface area contributed by atoms with Gasteiger partial charge in [0.25, 0.3) is 5.91 Å². The minimum absolute atomic E-state index is 0.468. The molecular formula is C18H19F2NO2. The zero-order valence-corrected chi connectivity index (χ0v) is 13.5. The first-order valence-electron chi connectivity index (χ1n) is 7.29. The Labute approximate surface area is 134 Å². The van der Waals surface area contributed by atoms with Crippen LogP contribution in [0.25, 0.3) is 0 Å². The molecule has 1 N–H and O–H groups in total. The van der Waals surface area contributed by atoms with Crippen LogP contribution in [-0.4, -0.2) is 12.0 Å². The van der Waals surface area contributed by atoms with Crippen LogP contribution in [0, 0.1) is 32.4 Å². The topological polar surface area (TPSA) is 38.3 Å². The van der Waals surface area contributed by atoms with Crippen molar-refractivity contribution in [3.63, 3.8) is 0 Å². The summed E-state index contributed by atoms with van der Waals surface area (Å²) < 4.78 is 32.8. The Bertz CT molecular complexity index is 724. The van der Waals surface area contributed by atoms with Gasteiger partial charge in [0, 0.05) is 0 Å². The van der Waals surface area contributed by atoms with Gasteiger partial charge in [-0.3, -0.25) is 4.79 Å². The standard InChI is InChI=1S/C18H19F2NO2/c1-10-8-11(2)12(3)16(9-10)23-13(4)18(22)21-17-14(19)6-5-7-15(17)20/h5-9,13H,1-4H3,(H,21,22)/t13-/m0/s1. The summed E-state index contributed by atoms with van der Waals surface area (Å²) in [5, 5.41) is 2.23. The number of anilines is 1. The van der Waals surface area contributed by atoms with Crippen molar-refractivity contribution >= 4 is 11.6 Å². The van der Waals surface area contributed by atoms with E-state index in [1.807, 2.05) is 32.9 Å². The third-order valence-corrected chi connectivity index (χ3v) is 3.65. The molecule has 122 valence electrons. The number of rotatable bonds is 4. The third kappa shape index (κ3) is 3.86. The molecule has 0 bridgehead atoms. The highest BCUT2D eigenvalue weighted by molar-refractivity contribution is 5.94. The highest BCUT2D eigenvalue weighted by atomic mass is 19.1. The highest BCUT2D eigenvalue weighted by Gasteiger charge is 2.19. The van der Waals surface area contributed by atoms with Crippen LogP contribution >= 0.6 is 0 Å². The molecule has 0 heterocycles. The first-order valence-corrected chi connectivity index (χ1v) is 7.29. The number of para-hydroxylation sites is 1. The summed E-state index contributed by atoms with van der Waals surface area (Å²) in [4.78, 5) is 12.1. The van der Waals surface area contributed by atoms with Crippen LogP contribution < -0.4 is 10.1 Å². The number of benzene rings is 2. The Balaban J connectivity index is 2.15. The molecule has 23 heavy (non-hydrogen) atoms. The van der Waals surface area contributed by atoms with Gasteiger partial charge in [-0.2, -0.15) is 0 Å². The van der Waals surface area contributed by atoms with Crippen LogP contribution in [0.5, 0.6) is 5.75 Å². The van der Waals surface area contributed by atoms with Gasteiger partial charge in [0.2, 0.25) is 0 Å². The Morgan fingerprint density at radius 3 is 2.35 bits per heavy atom. The number of ether oxygens (including phenoxy) is 1. The number of carbonyl (C=O) groups is 1. The predicted molar refractivity (Wildman–Crippen MR) is 85.7 cm³/mol. The van der Waals surface area contributed by atoms with E-state index in [4.69, 9.17) is 4.74 Å². The lowest BCUT2D eigenvalue weighted by atomic mass is 10.1. The average Bonchev–Trinajstić information content (AvgIpc) is 2.47. The van der Waals surface area contributed by atoms with E-state index in [1.54, 1.807) is 0 Å². The molecule has 0 aromatic heterocycles. The summed E-state index contributed by atoms with van der Waals surface area (Å²) in [7, 11) is 0. The molecule has 1 amide bonds. The molecule has 0 aliphatic rings. The number of hydrogen-bond acceptors (Lipinski definition) is 2. The average molecular weight is 319 g/mol. The second-order valence-corrected chi connectivity index (χ2v) is 5.55. The van der Waals surface area contributed by atoms with E-state index >= 15 is 0 Å². The van der Waals surface area contributed by atoms with Crippen LogP contribution in [-0.2, 0) is 4.79 Å². The van der Waals surface area contributed by atoms with Crippen molar-refractivity contribution in [2.75, 3.05) is 5.32 Å². The molecule has 0 aliphatic heterocycles. The molecule has 0 aliphatic carbocycles. The number of aryl methyl sites for hydroxylation is 2. The molecule has 1 atom stereocenters. The lowest BCUT2D eigenvalue weighted by molar-refractivity contribution is -0.122. The Morgan fingerprint density at radius 1 is 1.13 bits per heavy atom. The zero-order valence-electron chi connectivity index (χ0n) is 13.5. The van der Waals surface area contributed by atoms with Crippen molar-refractivity contribution < 1.29 is 18.3 Å². The van der Waals surface area contributed by atoms with Crippen molar-refractivity contribution in [3.8, 4) is 5.75 Å². The molecule has 0 saturated carbocycles. The van der Waals surface area contributed by atoms with Gasteiger partial charge in [0.05, 0.1) is 0 Å². The molecule has 0 fully saturated rings. The first-order chi connectivity index (χ1) is 10.8. The molecule has 2 aromatic rings. The third-order valence-electron chi connectivity index (χ3n) is 3.65. The van der Waals surface area contributed by atoms with Gasteiger partial charge in [-0.15, -0.1) is 0 Å². The van der Waals surface area contributed by atoms with Crippen LogP contribution in [0.15, 0.2) is 30.3 Å². The number of carbonyl (C=O) groups excluding carboxylic acids is 1. The maximum absolute atomic E-state index is 13.6. The maximum Gasteiger partial charge on any atom is 0.265 e. The fraction of sp³-hybridized carbons (Fsp3) is 0.278. The Hall–Kier alpha value is -2.43. The van der Waals surface area contributed by atoms with Gasteiger partial charge in [-0.05, 0) is 62.6 Å². The molecule has 3 nitrogen and oxygen atoms in total. The normalized spacial score (nSPS) is 11.9. The summed E-state index contributed by atoms with van der Waals surface area (Å²) in [6.45, 7) is 7.31. The Kier molecular flexibility index (Phi) is 4.98. The van der Waals surface area contributed by atoms with Crippen molar-refractivity contribution in [2.45, 2.75) is 33.8 Å². The monoisotopic (exact) mass is 319 g/mol. The lowest BCUT2D eigenvalue weighted by Crippen LogP contribution is -2.31. The maximum atomic E-state index is 13.6. The molecular weight excluding hydrogens is 300 g/mol. The van der Waals surface area contributed by atoms with Crippen molar-refractivity contribution in [1.29, 1.82) is 0 Å². The minimum atomic E-state index is -0.895. The van der Waals surface area contributed by atoms with E-state index in [1.165, 1.54) is 13.0 Å². The second kappa shape index (κ2) is 6.77. The number of halogens is 2. The van der Waals surface area contributed by atoms with E-state index < -0.39 is 29.3 Å². The molecule has 2 aromatic carbocycles.